The van der Waals surface area contributed by atoms with Crippen LogP contribution in [-0.2, 0) is 4.79 Å². The van der Waals surface area contributed by atoms with E-state index in [4.69, 9.17) is 0 Å². The van der Waals surface area contributed by atoms with Gasteiger partial charge >= 0.3 is 0 Å². The smallest absolute Gasteiger partial charge is 0.230 e. The maximum absolute atomic E-state index is 12.0. The molecule has 1 aliphatic rings. The first-order valence-electron chi connectivity index (χ1n) is 7.75. The van der Waals surface area contributed by atoms with E-state index in [2.05, 4.69) is 20.2 Å². The second kappa shape index (κ2) is 8.31. The summed E-state index contributed by atoms with van der Waals surface area (Å²) in [5, 5.41) is 6.17. The molecule has 7 heteroatoms. The number of amides is 1. The molecule has 0 aliphatic carbocycles. The van der Waals surface area contributed by atoms with Gasteiger partial charge in [-0.1, -0.05) is 0 Å². The van der Waals surface area contributed by atoms with Gasteiger partial charge < -0.3 is 10.2 Å². The Bertz CT molecular complexity index is 606. The minimum absolute atomic E-state index is 0.0955. The summed E-state index contributed by atoms with van der Waals surface area (Å²) in [6, 6.07) is 3.84. The van der Waals surface area contributed by atoms with Crippen LogP contribution in [0.2, 0.25) is 0 Å². The van der Waals surface area contributed by atoms with Crippen LogP contribution in [0.15, 0.2) is 41.0 Å². The van der Waals surface area contributed by atoms with E-state index in [0.29, 0.717) is 11.7 Å². The third kappa shape index (κ3) is 4.94. The number of rotatable bonds is 6. The number of aromatic nitrogens is 2. The quantitative estimate of drug-likeness (QED) is 0.814. The summed E-state index contributed by atoms with van der Waals surface area (Å²) in [6.07, 6.45) is 7.66. The van der Waals surface area contributed by atoms with Gasteiger partial charge in [0.15, 0.2) is 5.13 Å². The molecule has 1 amide bonds. The summed E-state index contributed by atoms with van der Waals surface area (Å²) in [6.45, 7) is 2.79. The SMILES string of the molecule is O=C(CSc1ccncc1)NC[C@H]1CCCN(c2nccs2)C1. The van der Waals surface area contributed by atoms with Crippen molar-refractivity contribution in [3.05, 3.63) is 36.1 Å². The number of anilines is 1. The van der Waals surface area contributed by atoms with Gasteiger partial charge in [-0.05, 0) is 30.9 Å². The number of hydrogen-bond acceptors (Lipinski definition) is 6. The van der Waals surface area contributed by atoms with Gasteiger partial charge in [-0.3, -0.25) is 9.78 Å². The Hall–Kier alpha value is -1.60. The molecule has 3 rings (SSSR count). The fourth-order valence-electron chi connectivity index (χ4n) is 2.67. The molecule has 3 heterocycles. The Balaban J connectivity index is 1.40. The van der Waals surface area contributed by atoms with Crippen LogP contribution < -0.4 is 10.2 Å². The fraction of sp³-hybridized carbons (Fsp3) is 0.438. The zero-order valence-electron chi connectivity index (χ0n) is 12.9. The zero-order chi connectivity index (χ0) is 15.9. The molecule has 2 aromatic rings. The van der Waals surface area contributed by atoms with Crippen molar-refractivity contribution in [2.75, 3.05) is 30.3 Å². The first kappa shape index (κ1) is 16.3. The highest BCUT2D eigenvalue weighted by Gasteiger charge is 2.21. The number of thioether (sulfide) groups is 1. The van der Waals surface area contributed by atoms with Crippen molar-refractivity contribution < 1.29 is 4.79 Å². The molecular weight excluding hydrogens is 328 g/mol. The summed E-state index contributed by atoms with van der Waals surface area (Å²) < 4.78 is 0. The molecule has 0 saturated carbocycles. The topological polar surface area (TPSA) is 58.1 Å². The molecule has 1 atom stereocenters. The van der Waals surface area contributed by atoms with Crippen LogP contribution in [0, 0.1) is 5.92 Å². The maximum atomic E-state index is 12.0. The lowest BCUT2D eigenvalue weighted by atomic mass is 9.98. The van der Waals surface area contributed by atoms with Crippen LogP contribution in [0.5, 0.6) is 0 Å². The lowest BCUT2D eigenvalue weighted by Gasteiger charge is -2.32. The van der Waals surface area contributed by atoms with E-state index >= 15 is 0 Å². The van der Waals surface area contributed by atoms with Crippen molar-refractivity contribution in [3.63, 3.8) is 0 Å². The highest BCUT2D eigenvalue weighted by molar-refractivity contribution is 8.00. The molecule has 122 valence electrons. The molecular formula is C16H20N4OS2. The van der Waals surface area contributed by atoms with Crippen LogP contribution in [0.4, 0.5) is 5.13 Å². The van der Waals surface area contributed by atoms with E-state index in [-0.39, 0.29) is 5.91 Å². The summed E-state index contributed by atoms with van der Waals surface area (Å²) in [5.41, 5.74) is 0. The van der Waals surface area contributed by atoms with E-state index in [9.17, 15) is 4.79 Å². The Morgan fingerprint density at radius 3 is 3.04 bits per heavy atom. The van der Waals surface area contributed by atoms with E-state index in [1.165, 1.54) is 6.42 Å². The van der Waals surface area contributed by atoms with Crippen molar-refractivity contribution >= 4 is 34.1 Å². The standard InChI is InChI=1S/C16H20N4OS2/c21-15(12-23-14-3-5-17-6-4-14)19-10-13-2-1-8-20(11-13)16-18-7-9-22-16/h3-7,9,13H,1-2,8,10-12H2,(H,19,21)/t13-/m1/s1. The molecule has 1 aliphatic heterocycles. The van der Waals surface area contributed by atoms with Crippen molar-refractivity contribution in [3.8, 4) is 0 Å². The van der Waals surface area contributed by atoms with Crippen LogP contribution >= 0.6 is 23.1 Å². The number of thiazole rings is 1. The van der Waals surface area contributed by atoms with Crippen LogP contribution in [0.1, 0.15) is 12.8 Å². The largest absolute Gasteiger partial charge is 0.355 e. The summed E-state index contributed by atoms with van der Waals surface area (Å²) in [5.74, 6) is 1.05. The molecule has 23 heavy (non-hydrogen) atoms. The molecule has 1 N–H and O–H groups in total. The average molecular weight is 348 g/mol. The molecule has 1 fully saturated rings. The van der Waals surface area contributed by atoms with E-state index < -0.39 is 0 Å². The van der Waals surface area contributed by atoms with Crippen molar-refractivity contribution in [2.45, 2.75) is 17.7 Å². The minimum Gasteiger partial charge on any atom is -0.355 e. The van der Waals surface area contributed by atoms with Gasteiger partial charge in [0.05, 0.1) is 5.75 Å². The Labute approximate surface area is 144 Å². The Morgan fingerprint density at radius 1 is 1.39 bits per heavy atom. The predicted molar refractivity (Wildman–Crippen MR) is 95.0 cm³/mol. The van der Waals surface area contributed by atoms with Gasteiger partial charge in [0, 0.05) is 48.5 Å². The van der Waals surface area contributed by atoms with Gasteiger partial charge in [0.1, 0.15) is 0 Å². The lowest BCUT2D eigenvalue weighted by molar-refractivity contribution is -0.118. The summed E-state index contributed by atoms with van der Waals surface area (Å²) in [4.78, 5) is 23.8. The van der Waals surface area contributed by atoms with Gasteiger partial charge in [-0.25, -0.2) is 4.98 Å². The average Bonchev–Trinajstić information content (AvgIpc) is 3.14. The Morgan fingerprint density at radius 2 is 2.26 bits per heavy atom. The third-order valence-electron chi connectivity index (χ3n) is 3.82. The van der Waals surface area contributed by atoms with Gasteiger partial charge in [0.25, 0.3) is 0 Å². The zero-order valence-corrected chi connectivity index (χ0v) is 14.5. The molecule has 0 spiro atoms. The summed E-state index contributed by atoms with van der Waals surface area (Å²) in [7, 11) is 0. The van der Waals surface area contributed by atoms with Crippen LogP contribution in [0.3, 0.4) is 0 Å². The minimum atomic E-state index is 0.0955. The fourth-order valence-corrected chi connectivity index (χ4v) is 4.06. The number of hydrogen-bond donors (Lipinski definition) is 1. The monoisotopic (exact) mass is 348 g/mol. The number of piperidine rings is 1. The van der Waals surface area contributed by atoms with Gasteiger partial charge in [-0.15, -0.1) is 23.1 Å². The first-order valence-corrected chi connectivity index (χ1v) is 9.62. The van der Waals surface area contributed by atoms with Crippen LogP contribution in [0.25, 0.3) is 0 Å². The molecule has 0 unspecified atom stereocenters. The molecule has 5 nitrogen and oxygen atoms in total. The lowest BCUT2D eigenvalue weighted by Crippen LogP contribution is -2.41. The number of nitrogens with one attached hydrogen (secondary N) is 1. The maximum Gasteiger partial charge on any atom is 0.230 e. The molecule has 0 radical (unpaired) electrons. The molecule has 0 bridgehead atoms. The number of carbonyl (C=O) groups excluding carboxylic acids is 1. The van der Waals surface area contributed by atoms with E-state index in [1.807, 2.05) is 23.7 Å². The molecule has 1 saturated heterocycles. The van der Waals surface area contributed by atoms with E-state index in [1.54, 1.807) is 35.5 Å². The number of nitrogens with zero attached hydrogens (tertiary/aromatic N) is 3. The molecule has 2 aromatic heterocycles. The molecule has 0 aromatic carbocycles. The second-order valence-corrected chi connectivity index (χ2v) is 7.47. The normalized spacial score (nSPS) is 17.9. The third-order valence-corrected chi connectivity index (χ3v) is 5.66. The Kier molecular flexibility index (Phi) is 5.87. The van der Waals surface area contributed by atoms with Crippen LogP contribution in [-0.4, -0.2) is 41.3 Å². The van der Waals surface area contributed by atoms with Crippen molar-refractivity contribution in [1.82, 2.24) is 15.3 Å². The van der Waals surface area contributed by atoms with Gasteiger partial charge in [-0.2, -0.15) is 0 Å². The van der Waals surface area contributed by atoms with E-state index in [0.717, 1.165) is 36.1 Å². The highest BCUT2D eigenvalue weighted by atomic mass is 32.2. The highest BCUT2D eigenvalue weighted by Crippen LogP contribution is 2.24. The first-order chi connectivity index (χ1) is 11.3. The number of pyridine rings is 1. The van der Waals surface area contributed by atoms with Crippen molar-refractivity contribution in [2.24, 2.45) is 5.92 Å². The predicted octanol–water partition coefficient (Wildman–Crippen LogP) is 2.66. The van der Waals surface area contributed by atoms with Crippen molar-refractivity contribution in [1.29, 1.82) is 0 Å². The second-order valence-electron chi connectivity index (χ2n) is 5.54. The number of carbonyl (C=O) groups is 1. The summed E-state index contributed by atoms with van der Waals surface area (Å²) >= 11 is 3.22. The van der Waals surface area contributed by atoms with Gasteiger partial charge in [0.2, 0.25) is 5.91 Å².